The zero-order valence-corrected chi connectivity index (χ0v) is 10.2. The quantitative estimate of drug-likeness (QED) is 0.744. The lowest BCUT2D eigenvalue weighted by atomic mass is 10.1. The topological polar surface area (TPSA) is 101 Å². The number of H-pyrrole nitrogens is 1. The molecule has 1 aromatic heterocycles. The molecule has 19 heavy (non-hydrogen) atoms. The van der Waals surface area contributed by atoms with E-state index in [1.807, 2.05) is 12.1 Å². The van der Waals surface area contributed by atoms with Crippen LogP contribution in [0.3, 0.4) is 0 Å². The van der Waals surface area contributed by atoms with Gasteiger partial charge in [0, 0.05) is 11.8 Å². The standard InChI is InChI=1S/C13H14N4O2/c14-8-7-9-1-3-10(4-2-9)15-13(19)11-5-6-12(18)17-16-11/h1-6H,7-8,14H2,(H,15,19)(H,17,18). The number of hydrogen-bond acceptors (Lipinski definition) is 4. The average molecular weight is 258 g/mol. The van der Waals surface area contributed by atoms with Gasteiger partial charge in [0.15, 0.2) is 0 Å². The molecule has 98 valence electrons. The predicted molar refractivity (Wildman–Crippen MR) is 72.0 cm³/mol. The summed E-state index contributed by atoms with van der Waals surface area (Å²) in [6.07, 6.45) is 0.801. The van der Waals surface area contributed by atoms with Crippen molar-refractivity contribution in [1.82, 2.24) is 10.2 Å². The van der Waals surface area contributed by atoms with E-state index in [0.29, 0.717) is 12.2 Å². The van der Waals surface area contributed by atoms with E-state index in [-0.39, 0.29) is 17.2 Å². The zero-order valence-electron chi connectivity index (χ0n) is 10.2. The van der Waals surface area contributed by atoms with Crippen molar-refractivity contribution in [2.24, 2.45) is 5.73 Å². The number of aromatic amines is 1. The summed E-state index contributed by atoms with van der Waals surface area (Å²) in [6.45, 7) is 0.590. The van der Waals surface area contributed by atoms with Crippen molar-refractivity contribution in [2.75, 3.05) is 11.9 Å². The monoisotopic (exact) mass is 258 g/mol. The van der Waals surface area contributed by atoms with Gasteiger partial charge in [-0.25, -0.2) is 5.10 Å². The van der Waals surface area contributed by atoms with E-state index >= 15 is 0 Å². The number of rotatable bonds is 4. The van der Waals surface area contributed by atoms with Crippen LogP contribution >= 0.6 is 0 Å². The Labute approximate surface area is 109 Å². The minimum atomic E-state index is -0.372. The van der Waals surface area contributed by atoms with Crippen LogP contribution < -0.4 is 16.6 Å². The Morgan fingerprint density at radius 2 is 1.95 bits per heavy atom. The van der Waals surface area contributed by atoms with Gasteiger partial charge >= 0.3 is 0 Å². The Balaban J connectivity index is 2.06. The molecule has 0 aliphatic rings. The molecule has 0 aliphatic carbocycles. The first-order chi connectivity index (χ1) is 9.19. The van der Waals surface area contributed by atoms with Gasteiger partial charge in [-0.3, -0.25) is 9.59 Å². The second-order valence-corrected chi connectivity index (χ2v) is 4.00. The van der Waals surface area contributed by atoms with Crippen LogP contribution in [0.15, 0.2) is 41.2 Å². The summed E-state index contributed by atoms with van der Waals surface area (Å²) >= 11 is 0. The number of amides is 1. The third-order valence-corrected chi connectivity index (χ3v) is 2.56. The molecule has 0 unspecified atom stereocenters. The summed E-state index contributed by atoms with van der Waals surface area (Å²) in [5.41, 5.74) is 7.05. The van der Waals surface area contributed by atoms with Gasteiger partial charge < -0.3 is 11.1 Å². The van der Waals surface area contributed by atoms with Crippen molar-refractivity contribution in [3.8, 4) is 0 Å². The molecular weight excluding hydrogens is 244 g/mol. The molecule has 0 saturated heterocycles. The lowest BCUT2D eigenvalue weighted by molar-refractivity contribution is 0.102. The fourth-order valence-electron chi connectivity index (χ4n) is 1.59. The first-order valence-electron chi connectivity index (χ1n) is 5.85. The van der Waals surface area contributed by atoms with Crippen LogP contribution in [0.25, 0.3) is 0 Å². The Hall–Kier alpha value is -2.47. The molecule has 4 N–H and O–H groups in total. The molecule has 0 radical (unpaired) electrons. The highest BCUT2D eigenvalue weighted by molar-refractivity contribution is 6.02. The number of carbonyl (C=O) groups is 1. The number of nitrogens with two attached hydrogens (primary N) is 1. The lowest BCUT2D eigenvalue weighted by Crippen LogP contribution is -2.17. The summed E-state index contributed by atoms with van der Waals surface area (Å²) < 4.78 is 0. The molecule has 0 saturated carbocycles. The highest BCUT2D eigenvalue weighted by atomic mass is 16.2. The van der Waals surface area contributed by atoms with Crippen molar-refractivity contribution in [3.05, 3.63) is 58.0 Å². The smallest absolute Gasteiger partial charge is 0.276 e. The highest BCUT2D eigenvalue weighted by Crippen LogP contribution is 2.10. The molecule has 0 spiro atoms. The van der Waals surface area contributed by atoms with Crippen LogP contribution in [-0.2, 0) is 6.42 Å². The number of nitrogens with zero attached hydrogens (tertiary/aromatic N) is 1. The first-order valence-corrected chi connectivity index (χ1v) is 5.85. The number of benzene rings is 1. The minimum Gasteiger partial charge on any atom is -0.330 e. The summed E-state index contributed by atoms with van der Waals surface area (Å²) in [6, 6.07) is 10.0. The Morgan fingerprint density at radius 1 is 1.21 bits per heavy atom. The van der Waals surface area contributed by atoms with E-state index in [2.05, 4.69) is 15.5 Å². The Morgan fingerprint density at radius 3 is 2.53 bits per heavy atom. The fourth-order valence-corrected chi connectivity index (χ4v) is 1.59. The largest absolute Gasteiger partial charge is 0.330 e. The molecule has 1 heterocycles. The van der Waals surface area contributed by atoms with Crippen LogP contribution in [0.5, 0.6) is 0 Å². The average Bonchev–Trinajstić information content (AvgIpc) is 2.42. The van der Waals surface area contributed by atoms with Gasteiger partial charge in [0.2, 0.25) is 0 Å². The van der Waals surface area contributed by atoms with Crippen LogP contribution in [0, 0.1) is 0 Å². The van der Waals surface area contributed by atoms with Crippen molar-refractivity contribution < 1.29 is 4.79 Å². The fraction of sp³-hybridized carbons (Fsp3) is 0.154. The van der Waals surface area contributed by atoms with Gasteiger partial charge in [0.1, 0.15) is 5.69 Å². The first kappa shape index (κ1) is 13.0. The van der Waals surface area contributed by atoms with Gasteiger partial charge in [-0.05, 0) is 36.7 Å². The van der Waals surface area contributed by atoms with Crippen molar-refractivity contribution in [2.45, 2.75) is 6.42 Å². The summed E-state index contributed by atoms with van der Waals surface area (Å²) in [5.74, 6) is -0.372. The van der Waals surface area contributed by atoms with Crippen molar-refractivity contribution in [1.29, 1.82) is 0 Å². The van der Waals surface area contributed by atoms with Gasteiger partial charge in [0.25, 0.3) is 11.5 Å². The van der Waals surface area contributed by atoms with Gasteiger partial charge in [-0.15, -0.1) is 0 Å². The van der Waals surface area contributed by atoms with E-state index in [0.717, 1.165) is 12.0 Å². The summed E-state index contributed by atoms with van der Waals surface area (Å²) in [7, 11) is 0. The SMILES string of the molecule is NCCc1ccc(NC(=O)c2ccc(=O)[nH]n2)cc1. The van der Waals surface area contributed by atoms with Crippen molar-refractivity contribution >= 4 is 11.6 Å². The second kappa shape index (κ2) is 5.92. The van der Waals surface area contributed by atoms with Crippen LogP contribution in [0.2, 0.25) is 0 Å². The van der Waals surface area contributed by atoms with E-state index in [9.17, 15) is 9.59 Å². The molecule has 0 fully saturated rings. The molecule has 6 nitrogen and oxygen atoms in total. The normalized spacial score (nSPS) is 10.2. The van der Waals surface area contributed by atoms with Crippen LogP contribution in [-0.4, -0.2) is 22.6 Å². The molecule has 2 rings (SSSR count). The molecular formula is C13H14N4O2. The van der Waals surface area contributed by atoms with Crippen LogP contribution in [0.4, 0.5) is 5.69 Å². The molecule has 6 heteroatoms. The van der Waals surface area contributed by atoms with Crippen LogP contribution in [0.1, 0.15) is 16.1 Å². The lowest BCUT2D eigenvalue weighted by Gasteiger charge is -2.05. The third kappa shape index (κ3) is 3.49. The summed E-state index contributed by atoms with van der Waals surface area (Å²) in [4.78, 5) is 22.7. The minimum absolute atomic E-state index is 0.158. The molecule has 1 amide bonds. The van der Waals surface area contributed by atoms with Gasteiger partial charge in [-0.1, -0.05) is 12.1 Å². The molecule has 0 aliphatic heterocycles. The number of nitrogens with one attached hydrogen (secondary N) is 2. The van der Waals surface area contributed by atoms with E-state index < -0.39 is 0 Å². The van der Waals surface area contributed by atoms with Crippen molar-refractivity contribution in [3.63, 3.8) is 0 Å². The molecule has 1 aromatic carbocycles. The molecule has 0 bridgehead atoms. The number of carbonyl (C=O) groups excluding carboxylic acids is 1. The van der Waals surface area contributed by atoms with E-state index in [4.69, 9.17) is 5.73 Å². The van der Waals surface area contributed by atoms with E-state index in [1.54, 1.807) is 12.1 Å². The van der Waals surface area contributed by atoms with Gasteiger partial charge in [-0.2, -0.15) is 5.10 Å². The zero-order chi connectivity index (χ0) is 13.7. The Kier molecular flexibility index (Phi) is 4.04. The third-order valence-electron chi connectivity index (χ3n) is 2.56. The Bertz CT molecular complexity index is 599. The number of anilines is 1. The molecule has 0 atom stereocenters. The predicted octanol–water partition coefficient (Wildman–Crippen LogP) is 0.523. The highest BCUT2D eigenvalue weighted by Gasteiger charge is 2.07. The maximum absolute atomic E-state index is 11.8. The maximum atomic E-state index is 11.8. The van der Waals surface area contributed by atoms with Gasteiger partial charge in [0.05, 0.1) is 0 Å². The number of aromatic nitrogens is 2. The number of hydrogen-bond donors (Lipinski definition) is 3. The second-order valence-electron chi connectivity index (χ2n) is 4.00. The molecule has 2 aromatic rings. The summed E-state index contributed by atoms with van der Waals surface area (Å²) in [5, 5.41) is 8.56. The maximum Gasteiger partial charge on any atom is 0.276 e. The van der Waals surface area contributed by atoms with E-state index in [1.165, 1.54) is 12.1 Å².